The fourth-order valence-electron chi connectivity index (χ4n) is 1.68. The Balaban J connectivity index is 2.50. The molecular weight excluding hydrogens is 199 g/mol. The lowest BCUT2D eigenvalue weighted by molar-refractivity contribution is 0.0693. The van der Waals surface area contributed by atoms with E-state index in [4.69, 9.17) is 9.76 Å². The third-order valence-corrected chi connectivity index (χ3v) is 2.42. The molecule has 0 unspecified atom stereocenters. The molecule has 0 aliphatic carbocycles. The highest BCUT2D eigenvalue weighted by Gasteiger charge is 2.30. The van der Waals surface area contributed by atoms with Crippen molar-refractivity contribution >= 4 is 12.7 Å². The molecule has 0 spiro atoms. The molecule has 1 heterocycles. The summed E-state index contributed by atoms with van der Waals surface area (Å²) >= 11 is 0. The summed E-state index contributed by atoms with van der Waals surface area (Å²) in [6.07, 6.45) is 0.500. The van der Waals surface area contributed by atoms with Gasteiger partial charge in [-0.05, 0) is 18.1 Å². The molecule has 5 nitrogen and oxygen atoms in total. The molecule has 0 bridgehead atoms. The first-order valence-electron chi connectivity index (χ1n) is 4.64. The molecule has 0 amide bonds. The van der Waals surface area contributed by atoms with E-state index in [-0.39, 0.29) is 17.6 Å². The lowest BCUT2D eigenvalue weighted by atomic mass is 9.70. The van der Waals surface area contributed by atoms with Crippen LogP contribution in [0.15, 0.2) is 18.2 Å². The Morgan fingerprint density at radius 3 is 2.80 bits per heavy atom. The van der Waals surface area contributed by atoms with Gasteiger partial charge in [0.25, 0.3) is 0 Å². The van der Waals surface area contributed by atoms with Gasteiger partial charge in [0, 0.05) is 0 Å². The van der Waals surface area contributed by atoms with Gasteiger partial charge in [-0.25, -0.2) is 4.79 Å². The highest BCUT2D eigenvalue weighted by molar-refractivity contribution is 6.59. The Hall–Kier alpha value is -1.53. The van der Waals surface area contributed by atoms with Crippen molar-refractivity contribution in [3.63, 3.8) is 0 Å². The quantitative estimate of drug-likeness (QED) is 0.576. The summed E-state index contributed by atoms with van der Waals surface area (Å²) in [7, 11) is 0. The molecule has 0 aromatic heterocycles. The van der Waals surface area contributed by atoms with Crippen molar-refractivity contribution in [3.8, 4) is 5.75 Å². The van der Waals surface area contributed by atoms with Crippen LogP contribution in [0.1, 0.15) is 15.9 Å². The van der Waals surface area contributed by atoms with Gasteiger partial charge >= 0.3 is 12.7 Å². The fraction of sp³-hybridized carbons (Fsp3) is 0.222. The van der Waals surface area contributed by atoms with E-state index in [0.29, 0.717) is 12.0 Å². The molecule has 80 valence electrons. The Labute approximate surface area is 85.9 Å². The van der Waals surface area contributed by atoms with Crippen LogP contribution in [0.5, 0.6) is 5.75 Å². The third kappa shape index (κ3) is 1.81. The minimum atomic E-state index is -2.90. The van der Waals surface area contributed by atoms with Gasteiger partial charge in [-0.1, -0.05) is 18.5 Å². The summed E-state index contributed by atoms with van der Waals surface area (Å²) in [6, 6.07) is 4.70. The molecule has 0 saturated heterocycles. The van der Waals surface area contributed by atoms with Crippen molar-refractivity contribution < 1.29 is 24.6 Å². The number of hydrogen-bond acceptors (Lipinski definition) is 4. The Bertz CT molecular complexity index is 415. The van der Waals surface area contributed by atoms with E-state index in [9.17, 15) is 14.8 Å². The predicted octanol–water partition coefficient (Wildman–Crippen LogP) is 0.243. The first kappa shape index (κ1) is 10.0. The van der Waals surface area contributed by atoms with Crippen LogP contribution in [0.25, 0.3) is 0 Å². The summed E-state index contributed by atoms with van der Waals surface area (Å²) in [4.78, 5) is 10.8. The first-order chi connectivity index (χ1) is 6.99. The highest BCUT2D eigenvalue weighted by atomic mass is 16.6. The van der Waals surface area contributed by atoms with Crippen LogP contribution in [-0.2, 0) is 6.42 Å². The minimum absolute atomic E-state index is 0.0402. The molecule has 0 fully saturated rings. The molecule has 1 aromatic rings. The normalized spacial score (nSPS) is 17.7. The zero-order valence-electron chi connectivity index (χ0n) is 7.88. The molecule has 15 heavy (non-hydrogen) atoms. The lowest BCUT2D eigenvalue weighted by Gasteiger charge is -2.36. The SMILES string of the molecule is O=C(O)c1cccc2c1O[B-](O)(O)CC2. The van der Waals surface area contributed by atoms with Crippen LogP contribution in [0.2, 0.25) is 6.32 Å². The molecular formula is C9H10BO5-. The minimum Gasteiger partial charge on any atom is -0.669 e. The van der Waals surface area contributed by atoms with E-state index in [1.54, 1.807) is 12.1 Å². The van der Waals surface area contributed by atoms with Crippen LogP contribution >= 0.6 is 0 Å². The molecule has 6 heteroatoms. The predicted molar refractivity (Wildman–Crippen MR) is 52.7 cm³/mol. The van der Waals surface area contributed by atoms with Crippen LogP contribution in [0, 0.1) is 0 Å². The highest BCUT2D eigenvalue weighted by Crippen LogP contribution is 2.32. The molecule has 3 N–H and O–H groups in total. The van der Waals surface area contributed by atoms with E-state index in [1.807, 2.05) is 0 Å². The average molecular weight is 209 g/mol. The van der Waals surface area contributed by atoms with E-state index >= 15 is 0 Å². The van der Waals surface area contributed by atoms with Crippen molar-refractivity contribution in [2.45, 2.75) is 12.7 Å². The average Bonchev–Trinajstić information content (AvgIpc) is 2.15. The topological polar surface area (TPSA) is 87.0 Å². The van der Waals surface area contributed by atoms with E-state index in [0.717, 1.165) is 0 Å². The number of benzene rings is 1. The molecule has 1 aliphatic heterocycles. The number of para-hydroxylation sites is 1. The van der Waals surface area contributed by atoms with E-state index < -0.39 is 12.7 Å². The van der Waals surface area contributed by atoms with Crippen molar-refractivity contribution in [1.82, 2.24) is 0 Å². The summed E-state index contributed by atoms with van der Waals surface area (Å²) in [6.45, 7) is -2.90. The maximum Gasteiger partial charge on any atom is 0.430 e. The van der Waals surface area contributed by atoms with Crippen LogP contribution in [0.4, 0.5) is 0 Å². The van der Waals surface area contributed by atoms with Crippen molar-refractivity contribution in [2.75, 3.05) is 0 Å². The zero-order chi connectivity index (χ0) is 11.1. The second-order valence-corrected chi connectivity index (χ2v) is 3.61. The van der Waals surface area contributed by atoms with Crippen LogP contribution < -0.4 is 4.65 Å². The number of carbonyl (C=O) groups is 1. The number of fused-ring (bicyclic) bond motifs is 1. The molecule has 2 rings (SSSR count). The second kappa shape index (κ2) is 3.25. The zero-order valence-corrected chi connectivity index (χ0v) is 7.88. The number of carboxylic acids is 1. The van der Waals surface area contributed by atoms with Crippen LogP contribution in [-0.4, -0.2) is 27.9 Å². The van der Waals surface area contributed by atoms with Crippen molar-refractivity contribution in [3.05, 3.63) is 29.3 Å². The van der Waals surface area contributed by atoms with Gasteiger partial charge in [0.1, 0.15) is 0 Å². The summed E-state index contributed by atoms with van der Waals surface area (Å²) in [5.41, 5.74) is 0.650. The number of rotatable bonds is 1. The number of carboxylic acid groups (broad SMARTS) is 1. The smallest absolute Gasteiger partial charge is 0.430 e. The molecule has 0 saturated carbocycles. The van der Waals surface area contributed by atoms with Gasteiger partial charge in [-0.2, -0.15) is 0 Å². The first-order valence-corrected chi connectivity index (χ1v) is 4.64. The van der Waals surface area contributed by atoms with Gasteiger partial charge < -0.3 is 19.8 Å². The summed E-state index contributed by atoms with van der Waals surface area (Å²) in [5.74, 6) is -1.07. The molecule has 1 aromatic carbocycles. The monoisotopic (exact) mass is 209 g/mol. The van der Waals surface area contributed by atoms with Crippen LogP contribution in [0.3, 0.4) is 0 Å². The number of aromatic carboxylic acids is 1. The molecule has 0 radical (unpaired) electrons. The molecule has 0 atom stereocenters. The van der Waals surface area contributed by atoms with Gasteiger partial charge in [0.2, 0.25) is 0 Å². The Morgan fingerprint density at radius 1 is 1.40 bits per heavy atom. The van der Waals surface area contributed by atoms with E-state index in [2.05, 4.69) is 0 Å². The van der Waals surface area contributed by atoms with Gasteiger partial charge in [-0.3, -0.25) is 0 Å². The molecule has 1 aliphatic rings. The summed E-state index contributed by atoms with van der Waals surface area (Å²) in [5, 5.41) is 27.5. The fourth-order valence-corrected chi connectivity index (χ4v) is 1.68. The van der Waals surface area contributed by atoms with E-state index in [1.165, 1.54) is 6.07 Å². The largest absolute Gasteiger partial charge is 0.669 e. The Kier molecular flexibility index (Phi) is 2.17. The van der Waals surface area contributed by atoms with Gasteiger partial charge in [-0.15, -0.1) is 0 Å². The maximum absolute atomic E-state index is 10.8. The summed E-state index contributed by atoms with van der Waals surface area (Å²) < 4.78 is 4.90. The maximum atomic E-state index is 10.8. The number of aryl methyl sites for hydroxylation is 1. The van der Waals surface area contributed by atoms with Crippen molar-refractivity contribution in [1.29, 1.82) is 0 Å². The van der Waals surface area contributed by atoms with Gasteiger partial charge in [0.05, 0.1) is 11.3 Å². The number of hydrogen-bond donors (Lipinski definition) is 3. The second-order valence-electron chi connectivity index (χ2n) is 3.61. The standard InChI is InChI=1S/C9H10BO5/c11-9(12)7-3-1-2-6-4-5-10(13,14)15-8(6)7/h1-3,13-14H,4-5H2,(H,11,12)/q-1. The van der Waals surface area contributed by atoms with Crippen molar-refractivity contribution in [2.24, 2.45) is 0 Å². The Morgan fingerprint density at radius 2 is 2.13 bits per heavy atom. The van der Waals surface area contributed by atoms with Gasteiger partial charge in [0.15, 0.2) is 0 Å². The third-order valence-electron chi connectivity index (χ3n) is 2.42. The lowest BCUT2D eigenvalue weighted by Crippen LogP contribution is -2.45.